The van der Waals surface area contributed by atoms with Crippen molar-refractivity contribution in [1.82, 2.24) is 14.9 Å². The number of rotatable bonds is 4. The van der Waals surface area contributed by atoms with Gasteiger partial charge >= 0.3 is 0 Å². The highest BCUT2D eigenvalue weighted by Gasteiger charge is 2.18. The van der Waals surface area contributed by atoms with E-state index in [1.54, 1.807) is 12.1 Å². The first-order valence-corrected chi connectivity index (χ1v) is 9.11. The second-order valence-electron chi connectivity index (χ2n) is 6.83. The molecule has 0 spiro atoms. The number of nitrogens with zero attached hydrogens (tertiary/aromatic N) is 2. The van der Waals surface area contributed by atoms with E-state index >= 15 is 0 Å². The zero-order valence-corrected chi connectivity index (χ0v) is 15.7. The molecule has 4 aromatic rings. The van der Waals surface area contributed by atoms with Gasteiger partial charge in [-0.3, -0.25) is 4.79 Å². The number of hydrogen-bond acceptors (Lipinski definition) is 2. The van der Waals surface area contributed by atoms with E-state index in [-0.39, 0.29) is 11.9 Å². The highest BCUT2D eigenvalue weighted by molar-refractivity contribution is 6.07. The minimum absolute atomic E-state index is 0.177. The molecule has 4 nitrogen and oxygen atoms in total. The average molecular weight is 373 g/mol. The van der Waals surface area contributed by atoms with Gasteiger partial charge in [0.25, 0.3) is 5.91 Å². The van der Waals surface area contributed by atoms with Gasteiger partial charge < -0.3 is 9.88 Å². The van der Waals surface area contributed by atoms with Crippen LogP contribution in [0.15, 0.2) is 72.9 Å². The number of fused-ring (bicyclic) bond motifs is 1. The molecule has 5 heteroatoms. The smallest absolute Gasteiger partial charge is 0.252 e. The summed E-state index contributed by atoms with van der Waals surface area (Å²) in [7, 11) is 1.92. The van der Waals surface area contributed by atoms with E-state index in [2.05, 4.69) is 10.3 Å². The number of benzene rings is 2. The molecule has 0 bridgehead atoms. The van der Waals surface area contributed by atoms with Crippen molar-refractivity contribution in [2.75, 3.05) is 0 Å². The Morgan fingerprint density at radius 3 is 2.57 bits per heavy atom. The van der Waals surface area contributed by atoms with E-state index in [9.17, 15) is 9.18 Å². The summed E-state index contributed by atoms with van der Waals surface area (Å²) in [5.74, 6) is -0.657. The van der Waals surface area contributed by atoms with Crippen LogP contribution < -0.4 is 5.32 Å². The van der Waals surface area contributed by atoms with E-state index < -0.39 is 5.82 Å². The Hall–Kier alpha value is -3.47. The zero-order chi connectivity index (χ0) is 19.7. The molecule has 0 aliphatic heterocycles. The number of carbonyl (C=O) groups is 1. The first kappa shape index (κ1) is 17.9. The Bertz CT molecular complexity index is 1150. The van der Waals surface area contributed by atoms with Gasteiger partial charge in [-0.05, 0) is 48.9 Å². The van der Waals surface area contributed by atoms with Gasteiger partial charge in [0.1, 0.15) is 5.82 Å². The van der Waals surface area contributed by atoms with Crippen molar-refractivity contribution in [3.63, 3.8) is 0 Å². The third-order valence-electron chi connectivity index (χ3n) is 4.87. The van der Waals surface area contributed by atoms with Crippen LogP contribution >= 0.6 is 0 Å². The van der Waals surface area contributed by atoms with Crippen molar-refractivity contribution in [1.29, 1.82) is 0 Å². The summed E-state index contributed by atoms with van der Waals surface area (Å²) in [6.45, 7) is 1.93. The van der Waals surface area contributed by atoms with Gasteiger partial charge in [0.05, 0.1) is 28.5 Å². The molecule has 1 unspecified atom stereocenters. The van der Waals surface area contributed by atoms with Crippen molar-refractivity contribution >= 4 is 16.8 Å². The monoisotopic (exact) mass is 373 g/mol. The number of nitrogens with one attached hydrogen (secondary N) is 1. The maximum Gasteiger partial charge on any atom is 0.252 e. The molecule has 1 N–H and O–H groups in total. The summed E-state index contributed by atoms with van der Waals surface area (Å²) in [4.78, 5) is 17.7. The first-order chi connectivity index (χ1) is 13.5. The van der Waals surface area contributed by atoms with Crippen LogP contribution in [0, 0.1) is 5.82 Å². The summed E-state index contributed by atoms with van der Waals surface area (Å²) in [6.07, 6.45) is 1.92. The van der Waals surface area contributed by atoms with Crippen LogP contribution in [0.1, 0.15) is 28.9 Å². The Morgan fingerprint density at radius 1 is 1.07 bits per heavy atom. The van der Waals surface area contributed by atoms with Crippen LogP contribution in [0.4, 0.5) is 4.39 Å². The normalized spacial score (nSPS) is 12.1. The Balaban J connectivity index is 1.79. The van der Waals surface area contributed by atoms with Gasteiger partial charge in [-0.15, -0.1) is 0 Å². The Kier molecular flexibility index (Phi) is 4.65. The molecular weight excluding hydrogens is 353 g/mol. The number of hydrogen-bond donors (Lipinski definition) is 1. The molecule has 2 aromatic carbocycles. The summed E-state index contributed by atoms with van der Waals surface area (Å²) >= 11 is 0. The van der Waals surface area contributed by atoms with Crippen molar-refractivity contribution in [2.45, 2.75) is 13.0 Å². The largest absolute Gasteiger partial charge is 0.349 e. The van der Waals surface area contributed by atoms with E-state index in [1.807, 2.05) is 67.2 Å². The SMILES string of the molecule is CC(NC(=O)c1cc(-c2cccn2C)nc2ccc(F)cc12)c1ccccc1. The lowest BCUT2D eigenvalue weighted by Crippen LogP contribution is -2.27. The Morgan fingerprint density at radius 2 is 1.86 bits per heavy atom. The van der Waals surface area contributed by atoms with Gasteiger partial charge in [-0.2, -0.15) is 0 Å². The number of amides is 1. The minimum atomic E-state index is -0.397. The second-order valence-corrected chi connectivity index (χ2v) is 6.83. The fourth-order valence-electron chi connectivity index (χ4n) is 3.34. The molecule has 0 saturated heterocycles. The van der Waals surface area contributed by atoms with Gasteiger partial charge in [-0.1, -0.05) is 30.3 Å². The highest BCUT2D eigenvalue weighted by atomic mass is 19.1. The van der Waals surface area contributed by atoms with E-state index in [0.29, 0.717) is 22.2 Å². The number of aromatic nitrogens is 2. The average Bonchev–Trinajstić information content (AvgIpc) is 3.13. The molecule has 1 atom stereocenters. The lowest BCUT2D eigenvalue weighted by molar-refractivity contribution is 0.0941. The highest BCUT2D eigenvalue weighted by Crippen LogP contribution is 2.26. The molecule has 0 aliphatic rings. The third kappa shape index (κ3) is 3.39. The molecular formula is C23H20FN3O. The van der Waals surface area contributed by atoms with Crippen molar-refractivity contribution in [3.8, 4) is 11.4 Å². The molecule has 0 saturated carbocycles. The predicted molar refractivity (Wildman–Crippen MR) is 108 cm³/mol. The van der Waals surface area contributed by atoms with Crippen LogP contribution in [0.2, 0.25) is 0 Å². The number of carbonyl (C=O) groups excluding carboxylic acids is 1. The standard InChI is InChI=1S/C23H20FN3O/c1-15(16-7-4-3-5-8-16)25-23(28)19-14-21(22-9-6-12-27(22)2)26-20-11-10-17(24)13-18(19)20/h3-15H,1-2H3,(H,25,28). The van der Waals surface area contributed by atoms with Crippen LogP contribution in [0.25, 0.3) is 22.3 Å². The summed E-state index contributed by atoms with van der Waals surface area (Å²) < 4.78 is 15.8. The summed E-state index contributed by atoms with van der Waals surface area (Å²) in [6, 6.07) is 19.5. The minimum Gasteiger partial charge on any atom is -0.349 e. The third-order valence-corrected chi connectivity index (χ3v) is 4.87. The van der Waals surface area contributed by atoms with Crippen molar-refractivity contribution in [2.24, 2.45) is 7.05 Å². The van der Waals surface area contributed by atoms with Gasteiger partial charge in [-0.25, -0.2) is 9.37 Å². The van der Waals surface area contributed by atoms with Crippen molar-refractivity contribution in [3.05, 3.63) is 89.9 Å². The maximum atomic E-state index is 13.9. The summed E-state index contributed by atoms with van der Waals surface area (Å²) in [5, 5.41) is 3.51. The van der Waals surface area contributed by atoms with E-state index in [1.165, 1.54) is 12.1 Å². The predicted octanol–water partition coefficient (Wildman–Crippen LogP) is 4.87. The molecule has 0 aliphatic carbocycles. The molecule has 0 fully saturated rings. The second kappa shape index (κ2) is 7.27. The van der Waals surface area contributed by atoms with E-state index in [4.69, 9.17) is 0 Å². The summed E-state index contributed by atoms with van der Waals surface area (Å²) in [5.41, 5.74) is 3.55. The van der Waals surface area contributed by atoms with Gasteiger partial charge in [0.15, 0.2) is 0 Å². The molecule has 0 radical (unpaired) electrons. The number of halogens is 1. The van der Waals surface area contributed by atoms with Crippen LogP contribution in [-0.2, 0) is 7.05 Å². The lowest BCUT2D eigenvalue weighted by atomic mass is 10.0. The molecule has 4 rings (SSSR count). The first-order valence-electron chi connectivity index (χ1n) is 9.11. The molecule has 2 aromatic heterocycles. The number of aryl methyl sites for hydroxylation is 1. The fourth-order valence-corrected chi connectivity index (χ4v) is 3.34. The zero-order valence-electron chi connectivity index (χ0n) is 15.7. The fraction of sp³-hybridized carbons (Fsp3) is 0.130. The quantitative estimate of drug-likeness (QED) is 0.555. The lowest BCUT2D eigenvalue weighted by Gasteiger charge is -2.16. The van der Waals surface area contributed by atoms with Crippen LogP contribution in [0.3, 0.4) is 0 Å². The number of pyridine rings is 1. The maximum absolute atomic E-state index is 13.9. The topological polar surface area (TPSA) is 46.9 Å². The molecule has 2 heterocycles. The molecule has 28 heavy (non-hydrogen) atoms. The molecule has 1 amide bonds. The van der Waals surface area contributed by atoms with Crippen molar-refractivity contribution < 1.29 is 9.18 Å². The van der Waals surface area contributed by atoms with Crippen LogP contribution in [-0.4, -0.2) is 15.5 Å². The molecule has 140 valence electrons. The van der Waals surface area contributed by atoms with E-state index in [0.717, 1.165) is 11.3 Å². The Labute approximate surface area is 162 Å². The van der Waals surface area contributed by atoms with Gasteiger partial charge in [0.2, 0.25) is 0 Å². The van der Waals surface area contributed by atoms with Crippen LogP contribution in [0.5, 0.6) is 0 Å². The van der Waals surface area contributed by atoms with Gasteiger partial charge in [0, 0.05) is 18.6 Å².